The molecule has 9 heteroatoms. The Labute approximate surface area is 215 Å². The summed E-state index contributed by atoms with van der Waals surface area (Å²) < 4.78 is 34.7. The van der Waals surface area contributed by atoms with Gasteiger partial charge in [0.2, 0.25) is 5.91 Å². The maximum Gasteiger partial charge on any atom is 0.264 e. The standard InChI is InChI=1S/C27H38N4O4S/c1-19-20(2)25(12-11-24(19)35-5)36(33,34)31-21(3)26(22-9-6-7-10-23(22)31)27(32)28-13-8-14-30-17-15-29(4)16-18-30/h6-7,9-12,21,26H,8,13-18H2,1-5H3,(H,28,32)/t21-,26-/m1/s1. The summed E-state index contributed by atoms with van der Waals surface area (Å²) in [7, 11) is -0.193. The van der Waals surface area contributed by atoms with Crippen molar-refractivity contribution in [3.63, 3.8) is 0 Å². The normalized spacial score (nSPS) is 20.9. The van der Waals surface area contributed by atoms with Crippen molar-refractivity contribution in [3.8, 4) is 5.75 Å². The number of para-hydroxylation sites is 1. The van der Waals surface area contributed by atoms with E-state index in [1.807, 2.05) is 32.0 Å². The quantitative estimate of drug-likeness (QED) is 0.546. The first kappa shape index (κ1) is 26.4. The number of fused-ring (bicyclic) bond motifs is 1. The third kappa shape index (κ3) is 4.96. The van der Waals surface area contributed by atoms with Crippen LogP contribution in [0.4, 0.5) is 5.69 Å². The molecule has 2 aliphatic heterocycles. The minimum absolute atomic E-state index is 0.131. The highest BCUT2D eigenvalue weighted by molar-refractivity contribution is 7.93. The Bertz CT molecular complexity index is 1210. The molecule has 0 saturated carbocycles. The number of rotatable bonds is 8. The molecule has 0 aliphatic carbocycles. The average Bonchev–Trinajstić information content (AvgIpc) is 3.16. The molecule has 8 nitrogen and oxygen atoms in total. The predicted octanol–water partition coefficient (Wildman–Crippen LogP) is 2.75. The third-order valence-corrected chi connectivity index (χ3v) is 9.68. The van der Waals surface area contributed by atoms with Gasteiger partial charge in [-0.25, -0.2) is 8.42 Å². The van der Waals surface area contributed by atoms with Crippen LogP contribution >= 0.6 is 0 Å². The molecule has 0 aromatic heterocycles. The first-order chi connectivity index (χ1) is 17.2. The molecule has 2 aromatic carbocycles. The Kier molecular flexibility index (Phi) is 7.92. The Hall–Kier alpha value is -2.62. The molecule has 0 unspecified atom stereocenters. The van der Waals surface area contributed by atoms with Gasteiger partial charge in [-0.15, -0.1) is 0 Å². The first-order valence-corrected chi connectivity index (χ1v) is 14.1. The van der Waals surface area contributed by atoms with Crippen molar-refractivity contribution < 1.29 is 17.9 Å². The fourth-order valence-electron chi connectivity index (χ4n) is 5.35. The number of carbonyl (C=O) groups is 1. The molecule has 0 spiro atoms. The van der Waals surface area contributed by atoms with E-state index >= 15 is 0 Å². The van der Waals surface area contributed by atoms with Crippen molar-refractivity contribution in [2.24, 2.45) is 0 Å². The van der Waals surface area contributed by atoms with Gasteiger partial charge in [0, 0.05) is 32.7 Å². The van der Waals surface area contributed by atoms with Gasteiger partial charge in [-0.3, -0.25) is 9.10 Å². The number of nitrogens with one attached hydrogen (secondary N) is 1. The van der Waals surface area contributed by atoms with Gasteiger partial charge in [-0.05, 0) is 75.7 Å². The summed E-state index contributed by atoms with van der Waals surface area (Å²) in [5.41, 5.74) is 2.74. The van der Waals surface area contributed by atoms with Crippen molar-refractivity contribution in [1.82, 2.24) is 15.1 Å². The molecular formula is C27H38N4O4S. The molecule has 4 rings (SSSR count). The van der Waals surface area contributed by atoms with Crippen molar-refractivity contribution in [2.75, 3.05) is 57.7 Å². The number of anilines is 1. The molecule has 0 radical (unpaired) electrons. The lowest BCUT2D eigenvalue weighted by Crippen LogP contribution is -2.45. The molecule has 1 amide bonds. The fraction of sp³-hybridized carbons (Fsp3) is 0.519. The van der Waals surface area contributed by atoms with Gasteiger partial charge in [0.25, 0.3) is 10.0 Å². The topological polar surface area (TPSA) is 82.2 Å². The second-order valence-corrected chi connectivity index (χ2v) is 11.7. The predicted molar refractivity (Wildman–Crippen MR) is 142 cm³/mol. The van der Waals surface area contributed by atoms with Gasteiger partial charge in [-0.2, -0.15) is 0 Å². The van der Waals surface area contributed by atoms with Crippen LogP contribution in [0.5, 0.6) is 5.75 Å². The van der Waals surface area contributed by atoms with Crippen LogP contribution in [0.25, 0.3) is 0 Å². The van der Waals surface area contributed by atoms with Crippen LogP contribution in [0.2, 0.25) is 0 Å². The number of ether oxygens (including phenoxy) is 1. The molecule has 1 N–H and O–H groups in total. The van der Waals surface area contributed by atoms with Crippen LogP contribution < -0.4 is 14.4 Å². The number of carbonyl (C=O) groups excluding carboxylic acids is 1. The van der Waals surface area contributed by atoms with Gasteiger partial charge in [0.05, 0.1) is 29.7 Å². The fourth-order valence-corrected chi connectivity index (χ4v) is 7.32. The molecule has 2 heterocycles. The summed E-state index contributed by atoms with van der Waals surface area (Å²) in [6, 6.07) is 10.1. The van der Waals surface area contributed by atoms with E-state index in [9.17, 15) is 13.2 Å². The Morgan fingerprint density at radius 3 is 2.44 bits per heavy atom. The number of hydrogen-bond donors (Lipinski definition) is 1. The van der Waals surface area contributed by atoms with Gasteiger partial charge in [-0.1, -0.05) is 18.2 Å². The lowest BCUT2D eigenvalue weighted by Gasteiger charge is -2.32. The number of amides is 1. The van der Waals surface area contributed by atoms with Crippen LogP contribution in [0.15, 0.2) is 41.3 Å². The smallest absolute Gasteiger partial charge is 0.264 e. The van der Waals surface area contributed by atoms with E-state index in [1.165, 1.54) is 4.31 Å². The SMILES string of the molecule is COc1ccc(S(=O)(=O)N2c3ccccc3[C@H](C(=O)NCCCN3CCN(C)CC3)[C@H]2C)c(C)c1C. The molecule has 2 aromatic rings. The number of sulfonamides is 1. The summed E-state index contributed by atoms with van der Waals surface area (Å²) in [4.78, 5) is 18.3. The Morgan fingerprint density at radius 2 is 1.75 bits per heavy atom. The molecule has 0 bridgehead atoms. The van der Waals surface area contributed by atoms with E-state index in [-0.39, 0.29) is 10.8 Å². The number of likely N-dealkylation sites (N-methyl/N-ethyl adjacent to an activating group) is 1. The van der Waals surface area contributed by atoms with Crippen LogP contribution in [0, 0.1) is 13.8 Å². The molecule has 36 heavy (non-hydrogen) atoms. The first-order valence-electron chi connectivity index (χ1n) is 12.6. The Balaban J connectivity index is 1.51. The van der Waals surface area contributed by atoms with Crippen LogP contribution in [0.3, 0.4) is 0 Å². The highest BCUT2D eigenvalue weighted by Crippen LogP contribution is 2.44. The van der Waals surface area contributed by atoms with Crippen molar-refractivity contribution >= 4 is 21.6 Å². The highest BCUT2D eigenvalue weighted by atomic mass is 32.2. The minimum atomic E-state index is -3.90. The molecule has 196 valence electrons. The van der Waals surface area contributed by atoms with Crippen molar-refractivity contribution in [1.29, 1.82) is 0 Å². The van der Waals surface area contributed by atoms with E-state index in [0.717, 1.165) is 50.3 Å². The molecule has 2 aliphatic rings. The second kappa shape index (κ2) is 10.8. The number of methoxy groups -OCH3 is 1. The number of nitrogens with zero attached hydrogens (tertiary/aromatic N) is 3. The number of benzene rings is 2. The van der Waals surface area contributed by atoms with E-state index in [1.54, 1.807) is 32.2 Å². The lowest BCUT2D eigenvalue weighted by atomic mass is 9.95. The summed E-state index contributed by atoms with van der Waals surface area (Å²) >= 11 is 0. The third-order valence-electron chi connectivity index (χ3n) is 7.63. The van der Waals surface area contributed by atoms with Crippen LogP contribution in [0.1, 0.15) is 36.0 Å². The van der Waals surface area contributed by atoms with Crippen molar-refractivity contribution in [2.45, 2.75) is 44.0 Å². The summed E-state index contributed by atoms with van der Waals surface area (Å²) in [5.74, 6) is -0.0527. The number of hydrogen-bond acceptors (Lipinski definition) is 6. The number of piperazine rings is 1. The summed E-state index contributed by atoms with van der Waals surface area (Å²) in [6.45, 7) is 11.2. The largest absolute Gasteiger partial charge is 0.496 e. The van der Waals surface area contributed by atoms with Gasteiger partial charge in [0.15, 0.2) is 0 Å². The molecule has 1 saturated heterocycles. The van der Waals surface area contributed by atoms with E-state index in [2.05, 4.69) is 22.2 Å². The zero-order valence-corrected chi connectivity index (χ0v) is 22.8. The summed E-state index contributed by atoms with van der Waals surface area (Å²) in [5, 5.41) is 3.08. The van der Waals surface area contributed by atoms with Crippen LogP contribution in [-0.4, -0.2) is 83.6 Å². The summed E-state index contributed by atoms with van der Waals surface area (Å²) in [6.07, 6.45) is 0.866. The second-order valence-electron chi connectivity index (χ2n) is 9.88. The maximum absolute atomic E-state index is 14.0. The molecule has 2 atom stereocenters. The van der Waals surface area contributed by atoms with Gasteiger partial charge in [0.1, 0.15) is 5.75 Å². The zero-order chi connectivity index (χ0) is 26.0. The van der Waals surface area contributed by atoms with E-state index < -0.39 is 22.0 Å². The van der Waals surface area contributed by atoms with E-state index in [0.29, 0.717) is 23.5 Å². The molecular weight excluding hydrogens is 476 g/mol. The van der Waals surface area contributed by atoms with E-state index in [4.69, 9.17) is 4.74 Å². The average molecular weight is 515 g/mol. The Morgan fingerprint density at radius 1 is 1.06 bits per heavy atom. The monoisotopic (exact) mass is 514 g/mol. The maximum atomic E-state index is 14.0. The van der Waals surface area contributed by atoms with Crippen molar-refractivity contribution in [3.05, 3.63) is 53.1 Å². The minimum Gasteiger partial charge on any atom is -0.496 e. The lowest BCUT2D eigenvalue weighted by molar-refractivity contribution is -0.122. The van der Waals surface area contributed by atoms with Gasteiger partial charge < -0.3 is 19.9 Å². The zero-order valence-electron chi connectivity index (χ0n) is 22.0. The van der Waals surface area contributed by atoms with Gasteiger partial charge >= 0.3 is 0 Å². The van der Waals surface area contributed by atoms with Crippen LogP contribution in [-0.2, 0) is 14.8 Å². The molecule has 1 fully saturated rings. The highest BCUT2D eigenvalue weighted by Gasteiger charge is 2.46.